The Hall–Kier alpha value is -1.39. The van der Waals surface area contributed by atoms with Gasteiger partial charge < -0.3 is 15.3 Å². The molecule has 174 valence electrons. The highest BCUT2D eigenvalue weighted by Gasteiger charge is 2.30. The maximum Gasteiger partial charge on any atom is 0.157 e. The van der Waals surface area contributed by atoms with Crippen LogP contribution in [0.15, 0.2) is 42.6 Å². The summed E-state index contributed by atoms with van der Waals surface area (Å²) < 4.78 is 0. The summed E-state index contributed by atoms with van der Waals surface area (Å²) in [6.45, 7) is 19.5. The topological polar surface area (TPSA) is 53.9 Å². The van der Waals surface area contributed by atoms with Crippen molar-refractivity contribution in [2.24, 2.45) is 22.9 Å². The van der Waals surface area contributed by atoms with E-state index in [0.717, 1.165) is 30.9 Å². The lowest BCUT2D eigenvalue weighted by Gasteiger charge is -2.33. The van der Waals surface area contributed by atoms with Crippen molar-refractivity contribution >= 4 is 5.71 Å². The predicted molar refractivity (Wildman–Crippen MR) is 132 cm³/mol. The third kappa shape index (κ3) is 10.1. The molecule has 30 heavy (non-hydrogen) atoms. The van der Waals surface area contributed by atoms with Crippen LogP contribution in [0.1, 0.15) is 78.6 Å². The number of nitrogens with zero attached hydrogens (tertiary/aromatic N) is 1. The van der Waals surface area contributed by atoms with Crippen LogP contribution in [0, 0.1) is 17.8 Å². The number of allylic oxidation sites excluding steroid dienone is 1. The molecule has 2 heterocycles. The predicted octanol–water partition coefficient (Wildman–Crippen LogP) is 6.29. The second kappa shape index (κ2) is 18.4. The van der Waals surface area contributed by atoms with E-state index in [0.29, 0.717) is 5.92 Å². The van der Waals surface area contributed by atoms with Gasteiger partial charge in [-0.25, -0.2) is 0 Å². The maximum absolute atomic E-state index is 7.00. The summed E-state index contributed by atoms with van der Waals surface area (Å²) in [6.07, 6.45) is 15.4. The molecule has 0 bridgehead atoms. The van der Waals surface area contributed by atoms with Gasteiger partial charge in [-0.3, -0.25) is 0 Å². The lowest BCUT2D eigenvalue weighted by molar-refractivity contribution is 0.114. The zero-order valence-electron chi connectivity index (χ0n) is 20.2. The first-order chi connectivity index (χ1) is 14.7. The van der Waals surface area contributed by atoms with Gasteiger partial charge in [-0.15, -0.1) is 6.58 Å². The highest BCUT2D eigenvalue weighted by atomic mass is 16.6. The number of rotatable bonds is 4. The number of aliphatic hydroxyl groups excluding tert-OH is 1. The normalized spacial score (nSPS) is 26.3. The summed E-state index contributed by atoms with van der Waals surface area (Å²) in [5.74, 6) is 2.57. The third-order valence-electron chi connectivity index (χ3n) is 6.14. The minimum atomic E-state index is 0.0374. The highest BCUT2D eigenvalue weighted by molar-refractivity contribution is 5.88. The van der Waals surface area contributed by atoms with Gasteiger partial charge in [-0.2, -0.15) is 0 Å². The molecule has 2 aliphatic heterocycles. The van der Waals surface area contributed by atoms with Crippen LogP contribution in [-0.4, -0.2) is 37.1 Å². The monoisotopic (exact) mass is 420 g/mol. The zero-order valence-corrected chi connectivity index (χ0v) is 20.2. The molecule has 3 aliphatic rings. The first-order valence-corrected chi connectivity index (χ1v) is 12.0. The molecule has 1 atom stereocenters. The van der Waals surface area contributed by atoms with E-state index >= 15 is 0 Å². The van der Waals surface area contributed by atoms with E-state index in [-0.39, 0.29) is 6.10 Å². The van der Waals surface area contributed by atoms with Crippen molar-refractivity contribution in [2.75, 3.05) is 20.2 Å². The smallest absolute Gasteiger partial charge is 0.157 e. The first-order valence-electron chi connectivity index (χ1n) is 12.0. The van der Waals surface area contributed by atoms with E-state index in [1.165, 1.54) is 70.2 Å². The SMILES string of the molecule is C=CC.C=CC(=C)C1CC(C2CCCC(C3CCNCC3)CCC2)=NO1.CC.CO. The molecule has 3 rings (SSSR count). The van der Waals surface area contributed by atoms with Gasteiger partial charge in [0.2, 0.25) is 0 Å². The quantitative estimate of drug-likeness (QED) is 0.415. The number of piperidine rings is 1. The van der Waals surface area contributed by atoms with Crippen molar-refractivity contribution in [2.45, 2.75) is 84.7 Å². The summed E-state index contributed by atoms with van der Waals surface area (Å²) in [5, 5.41) is 14.9. The highest BCUT2D eigenvalue weighted by Crippen LogP contribution is 2.36. The fraction of sp³-hybridized carbons (Fsp3) is 0.731. The molecule has 0 aromatic rings. The molecule has 1 saturated heterocycles. The van der Waals surface area contributed by atoms with Crippen molar-refractivity contribution in [1.29, 1.82) is 0 Å². The summed E-state index contributed by atoms with van der Waals surface area (Å²) in [7, 11) is 1.00. The number of hydrogen-bond donors (Lipinski definition) is 2. The van der Waals surface area contributed by atoms with Gasteiger partial charge in [0, 0.05) is 19.4 Å². The molecule has 1 saturated carbocycles. The van der Waals surface area contributed by atoms with Gasteiger partial charge in [0.05, 0.1) is 5.71 Å². The molecule has 2 fully saturated rings. The van der Waals surface area contributed by atoms with Crippen molar-refractivity contribution in [3.8, 4) is 0 Å². The van der Waals surface area contributed by atoms with Crippen molar-refractivity contribution in [1.82, 2.24) is 5.32 Å². The van der Waals surface area contributed by atoms with Crippen LogP contribution in [0.4, 0.5) is 0 Å². The fourth-order valence-electron chi connectivity index (χ4n) is 4.63. The van der Waals surface area contributed by atoms with Gasteiger partial charge in [0.25, 0.3) is 0 Å². The van der Waals surface area contributed by atoms with Crippen LogP contribution >= 0.6 is 0 Å². The van der Waals surface area contributed by atoms with Gasteiger partial charge >= 0.3 is 0 Å². The van der Waals surface area contributed by atoms with Gasteiger partial charge in [0.1, 0.15) is 0 Å². The van der Waals surface area contributed by atoms with E-state index in [9.17, 15) is 0 Å². The van der Waals surface area contributed by atoms with Gasteiger partial charge in [0.15, 0.2) is 6.10 Å². The number of aliphatic hydroxyl groups is 1. The molecule has 2 N–H and O–H groups in total. The first kappa shape index (κ1) is 28.6. The molecular weight excluding hydrogens is 372 g/mol. The Kier molecular flexibility index (Phi) is 17.5. The number of nitrogens with one attached hydrogen (secondary N) is 1. The van der Waals surface area contributed by atoms with Crippen LogP contribution in [0.2, 0.25) is 0 Å². The van der Waals surface area contributed by atoms with Crippen LogP contribution in [0.5, 0.6) is 0 Å². The Morgan fingerprint density at radius 3 is 2.00 bits per heavy atom. The van der Waals surface area contributed by atoms with Crippen molar-refractivity contribution in [3.05, 3.63) is 37.5 Å². The van der Waals surface area contributed by atoms with Crippen LogP contribution < -0.4 is 5.32 Å². The second-order valence-corrected chi connectivity index (χ2v) is 7.97. The summed E-state index contributed by atoms with van der Waals surface area (Å²) in [4.78, 5) is 5.57. The average molecular weight is 421 g/mol. The maximum atomic E-state index is 7.00. The van der Waals surface area contributed by atoms with E-state index in [4.69, 9.17) is 9.94 Å². The molecule has 0 spiro atoms. The molecule has 1 unspecified atom stereocenters. The zero-order chi connectivity index (χ0) is 22.8. The Morgan fingerprint density at radius 1 is 1.00 bits per heavy atom. The Morgan fingerprint density at radius 2 is 1.50 bits per heavy atom. The molecule has 4 nitrogen and oxygen atoms in total. The van der Waals surface area contributed by atoms with E-state index in [2.05, 4.69) is 30.2 Å². The van der Waals surface area contributed by atoms with E-state index in [1.807, 2.05) is 20.8 Å². The standard InChI is InChI=1S/C20H32N2O.C3H6.C2H6.CH4O/c1-3-15(2)20-14-19(22-23-20)18-8-4-6-16(7-5-9-18)17-10-12-21-13-11-17;1-3-2;2*1-2/h3,16-18,20-21H,1-2,4-14H2;3H,1H2,2H3;1-2H3;2H,1H3. The Balaban J connectivity index is 0.00000108. The van der Waals surface area contributed by atoms with Gasteiger partial charge in [-0.1, -0.05) is 70.0 Å². The van der Waals surface area contributed by atoms with Crippen LogP contribution in [-0.2, 0) is 4.84 Å². The number of oxime groups is 1. The van der Waals surface area contributed by atoms with E-state index < -0.39 is 0 Å². The lowest BCUT2D eigenvalue weighted by atomic mass is 9.75. The Bertz CT molecular complexity index is 485. The minimum absolute atomic E-state index is 0.0374. The molecule has 0 aromatic carbocycles. The van der Waals surface area contributed by atoms with Crippen LogP contribution in [0.3, 0.4) is 0 Å². The Labute approximate surface area is 186 Å². The molecule has 4 heteroatoms. The molecular formula is C26H48N2O2. The molecule has 0 amide bonds. The van der Waals surface area contributed by atoms with E-state index in [1.54, 1.807) is 12.2 Å². The summed E-state index contributed by atoms with van der Waals surface area (Å²) in [5.41, 5.74) is 2.24. The molecule has 1 aliphatic carbocycles. The molecule has 0 aromatic heterocycles. The largest absolute Gasteiger partial charge is 0.400 e. The third-order valence-corrected chi connectivity index (χ3v) is 6.14. The minimum Gasteiger partial charge on any atom is -0.400 e. The summed E-state index contributed by atoms with van der Waals surface area (Å²) in [6, 6.07) is 0. The van der Waals surface area contributed by atoms with Crippen LogP contribution in [0.25, 0.3) is 0 Å². The van der Waals surface area contributed by atoms with Gasteiger partial charge in [-0.05, 0) is 63.1 Å². The van der Waals surface area contributed by atoms with Crippen molar-refractivity contribution in [3.63, 3.8) is 0 Å². The molecule has 0 radical (unpaired) electrons. The lowest BCUT2D eigenvalue weighted by Crippen LogP contribution is -2.32. The average Bonchev–Trinajstić information content (AvgIpc) is 3.27. The van der Waals surface area contributed by atoms with Crippen molar-refractivity contribution < 1.29 is 9.94 Å². The fourth-order valence-corrected chi connectivity index (χ4v) is 4.63. The summed E-state index contributed by atoms with van der Waals surface area (Å²) >= 11 is 0. The second-order valence-electron chi connectivity index (χ2n) is 7.97. The number of hydrogen-bond acceptors (Lipinski definition) is 4.